The maximum absolute atomic E-state index is 12.9. The van der Waals surface area contributed by atoms with E-state index in [4.69, 9.17) is 9.47 Å². The molecule has 0 unspecified atom stereocenters. The van der Waals surface area contributed by atoms with Gasteiger partial charge < -0.3 is 14.8 Å². The number of nitrogens with one attached hydrogen (secondary N) is 1. The standard InChI is InChI=1S/C15H18FNO4/c1-20-15(19)13(8-10-2-4-12(16)5-3-10)17-14(18)11-6-7-21-9-11/h2-5,11,13H,6-9H2,1H3,(H,17,18)/t11-,13-/m1/s1. The van der Waals surface area contributed by atoms with E-state index in [1.165, 1.54) is 19.2 Å². The molecule has 1 N–H and O–H groups in total. The molecule has 21 heavy (non-hydrogen) atoms. The molecule has 6 heteroatoms. The van der Waals surface area contributed by atoms with Gasteiger partial charge >= 0.3 is 5.97 Å². The predicted octanol–water partition coefficient (Wildman–Crippen LogP) is 1.06. The second kappa shape index (κ2) is 7.17. The quantitative estimate of drug-likeness (QED) is 0.825. The van der Waals surface area contributed by atoms with E-state index >= 15 is 0 Å². The molecule has 114 valence electrons. The zero-order valence-corrected chi connectivity index (χ0v) is 11.8. The molecule has 1 saturated heterocycles. The molecule has 1 amide bonds. The number of halogens is 1. The molecule has 5 nitrogen and oxygen atoms in total. The van der Waals surface area contributed by atoms with E-state index in [1.54, 1.807) is 12.1 Å². The molecule has 0 aromatic heterocycles. The summed E-state index contributed by atoms with van der Waals surface area (Å²) in [6.45, 7) is 0.926. The Morgan fingerprint density at radius 2 is 2.14 bits per heavy atom. The van der Waals surface area contributed by atoms with Crippen LogP contribution in [0.1, 0.15) is 12.0 Å². The number of amides is 1. The number of methoxy groups -OCH3 is 1. The first-order valence-corrected chi connectivity index (χ1v) is 6.80. The molecular weight excluding hydrogens is 277 g/mol. The highest BCUT2D eigenvalue weighted by Crippen LogP contribution is 2.13. The molecule has 1 heterocycles. The van der Waals surface area contributed by atoms with Crippen molar-refractivity contribution < 1.29 is 23.5 Å². The molecule has 1 fully saturated rings. The van der Waals surface area contributed by atoms with Crippen molar-refractivity contribution in [2.45, 2.75) is 18.9 Å². The normalized spacial score (nSPS) is 19.0. The molecule has 0 radical (unpaired) electrons. The molecule has 2 atom stereocenters. The molecule has 1 aromatic rings. The molecule has 0 spiro atoms. The van der Waals surface area contributed by atoms with Gasteiger partial charge in [0.05, 0.1) is 19.6 Å². The van der Waals surface area contributed by atoms with E-state index in [-0.39, 0.29) is 24.1 Å². The molecule has 0 saturated carbocycles. The molecular formula is C15H18FNO4. The summed E-state index contributed by atoms with van der Waals surface area (Å²) >= 11 is 0. The van der Waals surface area contributed by atoms with Crippen molar-refractivity contribution >= 4 is 11.9 Å². The highest BCUT2D eigenvalue weighted by atomic mass is 19.1. The number of rotatable bonds is 5. The topological polar surface area (TPSA) is 64.6 Å². The second-order valence-corrected chi connectivity index (χ2v) is 4.98. The van der Waals surface area contributed by atoms with Crippen molar-refractivity contribution in [1.29, 1.82) is 0 Å². The van der Waals surface area contributed by atoms with Crippen LogP contribution in [0.2, 0.25) is 0 Å². The number of benzene rings is 1. The first-order valence-electron chi connectivity index (χ1n) is 6.80. The fourth-order valence-electron chi connectivity index (χ4n) is 2.22. The first kappa shape index (κ1) is 15.4. The summed E-state index contributed by atoms with van der Waals surface area (Å²) in [7, 11) is 1.27. The largest absolute Gasteiger partial charge is 0.467 e. The fraction of sp³-hybridized carbons (Fsp3) is 0.467. The van der Waals surface area contributed by atoms with Crippen LogP contribution in [0.15, 0.2) is 24.3 Å². The Kier molecular flexibility index (Phi) is 5.27. The SMILES string of the molecule is COC(=O)[C@@H](Cc1ccc(F)cc1)NC(=O)[C@@H]1CCOC1. The lowest BCUT2D eigenvalue weighted by Crippen LogP contribution is -2.45. The maximum atomic E-state index is 12.9. The van der Waals surface area contributed by atoms with Crippen LogP contribution in [0.3, 0.4) is 0 Å². The van der Waals surface area contributed by atoms with Crippen molar-refractivity contribution in [3.05, 3.63) is 35.6 Å². The monoisotopic (exact) mass is 295 g/mol. The summed E-state index contributed by atoms with van der Waals surface area (Å²) in [5.41, 5.74) is 0.745. The smallest absolute Gasteiger partial charge is 0.328 e. The highest BCUT2D eigenvalue weighted by molar-refractivity contribution is 5.86. The van der Waals surface area contributed by atoms with Gasteiger partial charge in [-0.15, -0.1) is 0 Å². The summed E-state index contributed by atoms with van der Waals surface area (Å²) in [5, 5.41) is 2.69. The van der Waals surface area contributed by atoms with Crippen LogP contribution < -0.4 is 5.32 Å². The molecule has 2 rings (SSSR count). The number of ether oxygens (including phenoxy) is 2. The number of hydrogen-bond donors (Lipinski definition) is 1. The van der Waals surface area contributed by atoms with Crippen molar-refractivity contribution in [1.82, 2.24) is 5.32 Å². The van der Waals surface area contributed by atoms with Gasteiger partial charge in [-0.25, -0.2) is 9.18 Å². The number of esters is 1. The molecule has 0 bridgehead atoms. The second-order valence-electron chi connectivity index (χ2n) is 4.98. The summed E-state index contributed by atoms with van der Waals surface area (Å²) in [6.07, 6.45) is 0.905. The minimum atomic E-state index is -0.784. The Balaban J connectivity index is 2.01. The molecule has 1 aliphatic heterocycles. The molecule has 1 aromatic carbocycles. The van der Waals surface area contributed by atoms with E-state index in [0.29, 0.717) is 19.6 Å². The van der Waals surface area contributed by atoms with Gasteiger partial charge in [0.2, 0.25) is 5.91 Å². The highest BCUT2D eigenvalue weighted by Gasteiger charge is 2.28. The number of carbonyl (C=O) groups excluding carboxylic acids is 2. The summed E-state index contributed by atoms with van der Waals surface area (Å²) in [4.78, 5) is 23.9. The molecule has 1 aliphatic rings. The zero-order chi connectivity index (χ0) is 15.2. The fourth-order valence-corrected chi connectivity index (χ4v) is 2.22. The van der Waals surface area contributed by atoms with Crippen LogP contribution in [-0.4, -0.2) is 38.2 Å². The van der Waals surface area contributed by atoms with Crippen LogP contribution >= 0.6 is 0 Å². The van der Waals surface area contributed by atoms with Crippen LogP contribution in [0.5, 0.6) is 0 Å². The molecule has 0 aliphatic carbocycles. The van der Waals surface area contributed by atoms with Crippen molar-refractivity contribution in [2.75, 3.05) is 20.3 Å². The van der Waals surface area contributed by atoms with Gasteiger partial charge in [0.25, 0.3) is 0 Å². The third-order valence-electron chi connectivity index (χ3n) is 3.46. The number of carbonyl (C=O) groups is 2. The van der Waals surface area contributed by atoms with Crippen molar-refractivity contribution in [3.8, 4) is 0 Å². The van der Waals surface area contributed by atoms with Gasteiger partial charge in [0.15, 0.2) is 0 Å². The van der Waals surface area contributed by atoms with Crippen LogP contribution in [0.4, 0.5) is 4.39 Å². The minimum Gasteiger partial charge on any atom is -0.467 e. The van der Waals surface area contributed by atoms with E-state index < -0.39 is 12.0 Å². The van der Waals surface area contributed by atoms with Gasteiger partial charge in [-0.2, -0.15) is 0 Å². The minimum absolute atomic E-state index is 0.218. The average molecular weight is 295 g/mol. The van der Waals surface area contributed by atoms with E-state index in [1.807, 2.05) is 0 Å². The Labute approximate surface area is 122 Å². The first-order chi connectivity index (χ1) is 10.1. The van der Waals surface area contributed by atoms with Gasteiger partial charge in [-0.1, -0.05) is 12.1 Å². The van der Waals surface area contributed by atoms with E-state index in [2.05, 4.69) is 5.32 Å². The predicted molar refractivity (Wildman–Crippen MR) is 73.0 cm³/mol. The van der Waals surface area contributed by atoms with Crippen molar-refractivity contribution in [2.24, 2.45) is 5.92 Å². The van der Waals surface area contributed by atoms with Crippen LogP contribution in [-0.2, 0) is 25.5 Å². The lowest BCUT2D eigenvalue weighted by atomic mass is 10.0. The Morgan fingerprint density at radius 3 is 2.71 bits per heavy atom. The van der Waals surface area contributed by atoms with Gasteiger partial charge in [0, 0.05) is 13.0 Å². The zero-order valence-electron chi connectivity index (χ0n) is 11.8. The third-order valence-corrected chi connectivity index (χ3v) is 3.46. The Bertz CT molecular complexity index is 497. The Hall–Kier alpha value is -1.95. The number of hydrogen-bond acceptors (Lipinski definition) is 4. The van der Waals surface area contributed by atoms with Crippen LogP contribution in [0.25, 0.3) is 0 Å². The van der Waals surface area contributed by atoms with Gasteiger partial charge in [0.1, 0.15) is 11.9 Å². The maximum Gasteiger partial charge on any atom is 0.328 e. The Morgan fingerprint density at radius 1 is 1.43 bits per heavy atom. The van der Waals surface area contributed by atoms with E-state index in [9.17, 15) is 14.0 Å². The summed E-state index contributed by atoms with van der Waals surface area (Å²) in [6, 6.07) is 5.01. The van der Waals surface area contributed by atoms with Crippen molar-refractivity contribution in [3.63, 3.8) is 0 Å². The summed E-state index contributed by atoms with van der Waals surface area (Å²) < 4.78 is 22.8. The summed E-state index contributed by atoms with van der Waals surface area (Å²) in [5.74, 6) is -1.32. The van der Waals surface area contributed by atoms with Crippen LogP contribution in [0, 0.1) is 11.7 Å². The lowest BCUT2D eigenvalue weighted by molar-refractivity contribution is -0.145. The third kappa shape index (κ3) is 4.26. The van der Waals surface area contributed by atoms with Gasteiger partial charge in [-0.05, 0) is 24.1 Å². The average Bonchev–Trinajstić information content (AvgIpc) is 3.02. The van der Waals surface area contributed by atoms with E-state index in [0.717, 1.165) is 5.56 Å². The lowest BCUT2D eigenvalue weighted by Gasteiger charge is -2.18. The van der Waals surface area contributed by atoms with Gasteiger partial charge in [-0.3, -0.25) is 4.79 Å².